The van der Waals surface area contributed by atoms with Crippen LogP contribution in [0.3, 0.4) is 0 Å². The molecule has 1 saturated heterocycles. The van der Waals surface area contributed by atoms with Crippen LogP contribution >= 0.6 is 0 Å². The van der Waals surface area contributed by atoms with E-state index in [4.69, 9.17) is 5.73 Å². The van der Waals surface area contributed by atoms with Crippen molar-refractivity contribution in [2.75, 3.05) is 13.1 Å². The van der Waals surface area contributed by atoms with Gasteiger partial charge in [0.15, 0.2) is 0 Å². The van der Waals surface area contributed by atoms with Crippen molar-refractivity contribution >= 4 is 11.8 Å². The van der Waals surface area contributed by atoms with Crippen LogP contribution in [0.5, 0.6) is 0 Å². The second-order valence-electron chi connectivity index (χ2n) is 5.36. The van der Waals surface area contributed by atoms with E-state index in [0.717, 1.165) is 25.8 Å². The Morgan fingerprint density at radius 1 is 1.47 bits per heavy atom. The van der Waals surface area contributed by atoms with Crippen LogP contribution in [0.2, 0.25) is 0 Å². The lowest BCUT2D eigenvalue weighted by atomic mass is 9.77. The molecule has 1 aliphatic rings. The van der Waals surface area contributed by atoms with Crippen LogP contribution in [-0.4, -0.2) is 30.4 Å². The minimum absolute atomic E-state index is 0.0731. The molecule has 1 fully saturated rings. The molecule has 98 valence electrons. The highest BCUT2D eigenvalue weighted by Gasteiger charge is 2.41. The van der Waals surface area contributed by atoms with Crippen molar-refractivity contribution in [1.82, 2.24) is 10.6 Å². The Hall–Kier alpha value is -1.10. The molecule has 1 rings (SSSR count). The molecule has 0 aromatic rings. The Bertz CT molecular complexity index is 307. The van der Waals surface area contributed by atoms with Crippen LogP contribution in [0, 0.1) is 5.41 Å². The first-order valence-electron chi connectivity index (χ1n) is 6.17. The summed E-state index contributed by atoms with van der Waals surface area (Å²) < 4.78 is 0. The van der Waals surface area contributed by atoms with Gasteiger partial charge in [-0.1, -0.05) is 6.92 Å². The molecule has 0 aromatic carbocycles. The summed E-state index contributed by atoms with van der Waals surface area (Å²) in [6, 6.07) is 0. The van der Waals surface area contributed by atoms with Crippen LogP contribution in [0.4, 0.5) is 0 Å². The molecular formula is C12H23N3O2. The van der Waals surface area contributed by atoms with Crippen molar-refractivity contribution in [1.29, 1.82) is 0 Å². The van der Waals surface area contributed by atoms with Crippen LogP contribution in [0.25, 0.3) is 0 Å². The van der Waals surface area contributed by atoms with Gasteiger partial charge in [-0.15, -0.1) is 0 Å². The number of primary amides is 1. The predicted octanol–water partition coefficient (Wildman–Crippen LogP) is 0.146. The molecule has 1 heterocycles. The van der Waals surface area contributed by atoms with Crippen LogP contribution in [0.1, 0.15) is 40.0 Å². The molecule has 17 heavy (non-hydrogen) atoms. The number of amides is 2. The van der Waals surface area contributed by atoms with Gasteiger partial charge in [0.1, 0.15) is 5.54 Å². The molecule has 5 nitrogen and oxygen atoms in total. The first-order valence-corrected chi connectivity index (χ1v) is 6.17. The Morgan fingerprint density at radius 2 is 2.12 bits per heavy atom. The van der Waals surface area contributed by atoms with Gasteiger partial charge in [-0.2, -0.15) is 0 Å². The fourth-order valence-corrected chi connectivity index (χ4v) is 2.10. The summed E-state index contributed by atoms with van der Waals surface area (Å²) in [6.45, 7) is 6.89. The molecule has 0 aromatic heterocycles. The summed E-state index contributed by atoms with van der Waals surface area (Å²) in [6.07, 6.45) is 2.61. The average molecular weight is 241 g/mol. The number of nitrogens with two attached hydrogens (primary N) is 1. The molecule has 0 spiro atoms. The third kappa shape index (κ3) is 2.97. The van der Waals surface area contributed by atoms with E-state index in [9.17, 15) is 9.59 Å². The second-order valence-corrected chi connectivity index (χ2v) is 5.36. The first kappa shape index (κ1) is 14.0. The number of nitrogens with one attached hydrogen (secondary N) is 2. The molecule has 5 heteroatoms. The Labute approximate surface area is 103 Å². The Kier molecular flexibility index (Phi) is 4.14. The van der Waals surface area contributed by atoms with Crippen LogP contribution in [-0.2, 0) is 9.59 Å². The number of rotatable bonds is 4. The molecule has 0 aliphatic carbocycles. The third-order valence-electron chi connectivity index (χ3n) is 3.67. The first-order chi connectivity index (χ1) is 7.84. The fraction of sp³-hybridized carbons (Fsp3) is 0.833. The number of hydrogen-bond acceptors (Lipinski definition) is 3. The van der Waals surface area contributed by atoms with Crippen molar-refractivity contribution in [3.8, 4) is 0 Å². The van der Waals surface area contributed by atoms with Gasteiger partial charge in [0, 0.05) is 6.54 Å². The summed E-state index contributed by atoms with van der Waals surface area (Å²) in [5, 5.41) is 6.01. The van der Waals surface area contributed by atoms with Crippen molar-refractivity contribution in [3.63, 3.8) is 0 Å². The maximum atomic E-state index is 12.3. The lowest BCUT2D eigenvalue weighted by Crippen LogP contribution is -2.59. The van der Waals surface area contributed by atoms with Gasteiger partial charge in [-0.3, -0.25) is 9.59 Å². The van der Waals surface area contributed by atoms with E-state index in [1.165, 1.54) is 0 Å². The predicted molar refractivity (Wildman–Crippen MR) is 66.2 cm³/mol. The Balaban J connectivity index is 2.76. The zero-order chi connectivity index (χ0) is 13.1. The van der Waals surface area contributed by atoms with Crippen molar-refractivity contribution in [3.05, 3.63) is 0 Å². The average Bonchev–Trinajstić information content (AvgIpc) is 2.29. The largest absolute Gasteiger partial charge is 0.368 e. The Morgan fingerprint density at radius 3 is 2.53 bits per heavy atom. The molecular weight excluding hydrogens is 218 g/mol. The zero-order valence-electron chi connectivity index (χ0n) is 10.9. The van der Waals surface area contributed by atoms with E-state index in [1.54, 1.807) is 13.8 Å². The highest BCUT2D eigenvalue weighted by molar-refractivity contribution is 5.92. The third-order valence-corrected chi connectivity index (χ3v) is 3.67. The second kappa shape index (κ2) is 5.04. The zero-order valence-corrected chi connectivity index (χ0v) is 10.9. The van der Waals surface area contributed by atoms with Gasteiger partial charge in [-0.25, -0.2) is 0 Å². The van der Waals surface area contributed by atoms with Gasteiger partial charge < -0.3 is 16.4 Å². The fourth-order valence-electron chi connectivity index (χ4n) is 2.10. The topological polar surface area (TPSA) is 84.2 Å². The SMILES string of the molecule is CCC1(C(=O)NC(C)(C)C(N)=O)CCCNC1. The van der Waals surface area contributed by atoms with Crippen LogP contribution < -0.4 is 16.4 Å². The lowest BCUT2D eigenvalue weighted by molar-refractivity contribution is -0.138. The smallest absolute Gasteiger partial charge is 0.242 e. The van der Waals surface area contributed by atoms with Crippen molar-refractivity contribution < 1.29 is 9.59 Å². The maximum absolute atomic E-state index is 12.3. The van der Waals surface area contributed by atoms with Gasteiger partial charge in [-0.05, 0) is 39.7 Å². The standard InChI is InChI=1S/C12H23N3O2/c1-4-12(6-5-7-14-8-12)10(17)15-11(2,3)9(13)16/h14H,4-8H2,1-3H3,(H2,13,16)(H,15,17). The number of carbonyl (C=O) groups is 2. The monoisotopic (exact) mass is 241 g/mol. The van der Waals surface area contributed by atoms with Crippen molar-refractivity contribution in [2.45, 2.75) is 45.6 Å². The quantitative estimate of drug-likeness (QED) is 0.655. The number of hydrogen-bond donors (Lipinski definition) is 3. The van der Waals surface area contributed by atoms with Gasteiger partial charge in [0.05, 0.1) is 5.41 Å². The molecule has 1 unspecified atom stereocenters. The van der Waals surface area contributed by atoms with Crippen molar-refractivity contribution in [2.24, 2.45) is 11.1 Å². The van der Waals surface area contributed by atoms with Gasteiger partial charge in [0.2, 0.25) is 11.8 Å². The van der Waals surface area contributed by atoms with E-state index >= 15 is 0 Å². The van der Waals surface area contributed by atoms with E-state index in [1.807, 2.05) is 6.92 Å². The van der Waals surface area contributed by atoms with E-state index in [0.29, 0.717) is 6.54 Å². The van der Waals surface area contributed by atoms with E-state index < -0.39 is 16.9 Å². The molecule has 0 saturated carbocycles. The summed E-state index contributed by atoms with van der Waals surface area (Å²) in [5.74, 6) is -0.586. The molecule has 1 aliphatic heterocycles. The summed E-state index contributed by atoms with van der Waals surface area (Å²) in [4.78, 5) is 23.5. The molecule has 0 radical (unpaired) electrons. The van der Waals surface area contributed by atoms with Gasteiger partial charge >= 0.3 is 0 Å². The highest BCUT2D eigenvalue weighted by Crippen LogP contribution is 2.30. The summed E-state index contributed by atoms with van der Waals surface area (Å²) in [7, 11) is 0. The van der Waals surface area contributed by atoms with E-state index in [2.05, 4.69) is 10.6 Å². The minimum Gasteiger partial charge on any atom is -0.368 e. The minimum atomic E-state index is -0.989. The number of piperidine rings is 1. The van der Waals surface area contributed by atoms with Crippen LogP contribution in [0.15, 0.2) is 0 Å². The normalized spacial score (nSPS) is 25.4. The van der Waals surface area contributed by atoms with E-state index in [-0.39, 0.29) is 5.91 Å². The maximum Gasteiger partial charge on any atom is 0.242 e. The number of carbonyl (C=O) groups excluding carboxylic acids is 2. The summed E-state index contributed by atoms with van der Waals surface area (Å²) in [5.41, 5.74) is 3.88. The molecule has 2 amide bonds. The molecule has 0 bridgehead atoms. The molecule has 1 atom stereocenters. The lowest BCUT2D eigenvalue weighted by Gasteiger charge is -2.37. The highest BCUT2D eigenvalue weighted by atomic mass is 16.2. The molecule has 4 N–H and O–H groups in total. The van der Waals surface area contributed by atoms with Gasteiger partial charge in [0.25, 0.3) is 0 Å². The summed E-state index contributed by atoms with van der Waals surface area (Å²) >= 11 is 0.